The summed E-state index contributed by atoms with van der Waals surface area (Å²) < 4.78 is 0. The number of carbonyl (C=O) groups is 3. The monoisotopic (exact) mass is 243 g/mol. The zero-order valence-corrected chi connectivity index (χ0v) is 9.66. The molecule has 7 heteroatoms. The van der Waals surface area contributed by atoms with Gasteiger partial charge in [0.05, 0.1) is 0 Å². The maximum absolute atomic E-state index is 11.4. The fourth-order valence-corrected chi connectivity index (χ4v) is 1.59. The summed E-state index contributed by atoms with van der Waals surface area (Å²) in [5, 5.41) is 16.3. The molecule has 1 aliphatic rings. The van der Waals surface area contributed by atoms with E-state index in [1.807, 2.05) is 0 Å². The van der Waals surface area contributed by atoms with E-state index in [0.29, 0.717) is 25.8 Å². The molecule has 1 heterocycles. The van der Waals surface area contributed by atoms with Crippen LogP contribution in [0.2, 0.25) is 0 Å². The molecule has 1 saturated heterocycles. The van der Waals surface area contributed by atoms with Gasteiger partial charge in [-0.2, -0.15) is 0 Å². The van der Waals surface area contributed by atoms with Crippen LogP contribution in [0.3, 0.4) is 0 Å². The molecule has 1 unspecified atom stereocenters. The normalized spacial score (nSPS) is 20.5. The molecule has 0 aliphatic carbocycles. The molecule has 96 valence electrons. The highest BCUT2D eigenvalue weighted by Crippen LogP contribution is 2.04. The molecule has 3 amide bonds. The van der Waals surface area contributed by atoms with Crippen LogP contribution in [0, 0.1) is 0 Å². The summed E-state index contributed by atoms with van der Waals surface area (Å²) >= 11 is 0. The Bertz CT molecular complexity index is 319. The van der Waals surface area contributed by atoms with Crippen LogP contribution in [0.4, 0.5) is 4.79 Å². The van der Waals surface area contributed by atoms with Crippen molar-refractivity contribution in [3.8, 4) is 0 Å². The van der Waals surface area contributed by atoms with Crippen molar-refractivity contribution in [3.63, 3.8) is 0 Å². The Labute approximate surface area is 98.9 Å². The Kier molecular flexibility index (Phi) is 4.74. The van der Waals surface area contributed by atoms with Crippen LogP contribution in [0.25, 0.3) is 0 Å². The van der Waals surface area contributed by atoms with Gasteiger partial charge in [-0.1, -0.05) is 6.92 Å². The average Bonchev–Trinajstić information content (AvgIpc) is 2.68. The van der Waals surface area contributed by atoms with Crippen molar-refractivity contribution in [2.24, 2.45) is 0 Å². The van der Waals surface area contributed by atoms with Crippen LogP contribution in [0.15, 0.2) is 0 Å². The SMILES string of the molecule is CC[C@H](NC(=O)NCC1CCC(=O)N1)C(=O)O. The molecule has 7 nitrogen and oxygen atoms in total. The van der Waals surface area contributed by atoms with E-state index in [9.17, 15) is 14.4 Å². The standard InChI is InChI=1S/C10H17N3O4/c1-2-7(9(15)16)13-10(17)11-5-6-3-4-8(14)12-6/h6-7H,2-5H2,1H3,(H,12,14)(H,15,16)(H2,11,13,17)/t6?,7-/m0/s1. The second kappa shape index (κ2) is 6.07. The van der Waals surface area contributed by atoms with Gasteiger partial charge < -0.3 is 21.1 Å². The highest BCUT2D eigenvalue weighted by atomic mass is 16.4. The molecule has 0 radical (unpaired) electrons. The Hall–Kier alpha value is -1.79. The lowest BCUT2D eigenvalue weighted by atomic mass is 10.2. The lowest BCUT2D eigenvalue weighted by Gasteiger charge is -2.15. The van der Waals surface area contributed by atoms with Crippen molar-refractivity contribution >= 4 is 17.9 Å². The molecular weight excluding hydrogens is 226 g/mol. The molecule has 1 aliphatic heterocycles. The van der Waals surface area contributed by atoms with Gasteiger partial charge in [-0.05, 0) is 12.8 Å². The molecule has 0 bridgehead atoms. The first-order chi connectivity index (χ1) is 8.02. The largest absolute Gasteiger partial charge is 0.480 e. The van der Waals surface area contributed by atoms with Crippen molar-refractivity contribution in [1.29, 1.82) is 0 Å². The van der Waals surface area contributed by atoms with Crippen LogP contribution in [0.1, 0.15) is 26.2 Å². The van der Waals surface area contributed by atoms with E-state index in [-0.39, 0.29) is 11.9 Å². The fourth-order valence-electron chi connectivity index (χ4n) is 1.59. The second-order valence-corrected chi connectivity index (χ2v) is 3.96. The van der Waals surface area contributed by atoms with Gasteiger partial charge >= 0.3 is 12.0 Å². The van der Waals surface area contributed by atoms with Crippen LogP contribution >= 0.6 is 0 Å². The number of hydrogen-bond donors (Lipinski definition) is 4. The average molecular weight is 243 g/mol. The molecule has 0 aromatic carbocycles. The summed E-state index contributed by atoms with van der Waals surface area (Å²) in [5.74, 6) is -1.08. The number of carboxylic acid groups (broad SMARTS) is 1. The molecule has 1 fully saturated rings. The third kappa shape index (κ3) is 4.29. The van der Waals surface area contributed by atoms with Gasteiger partial charge in [-0.15, -0.1) is 0 Å². The van der Waals surface area contributed by atoms with Crippen molar-refractivity contribution in [1.82, 2.24) is 16.0 Å². The second-order valence-electron chi connectivity index (χ2n) is 3.96. The topological polar surface area (TPSA) is 108 Å². The maximum atomic E-state index is 11.4. The van der Waals surface area contributed by atoms with Gasteiger partial charge in [0.1, 0.15) is 6.04 Å². The number of carboxylic acids is 1. The zero-order chi connectivity index (χ0) is 12.8. The van der Waals surface area contributed by atoms with Crippen molar-refractivity contribution in [3.05, 3.63) is 0 Å². The number of amides is 3. The highest BCUT2D eigenvalue weighted by molar-refractivity contribution is 5.82. The number of aliphatic carboxylic acids is 1. The van der Waals surface area contributed by atoms with Crippen molar-refractivity contribution in [2.45, 2.75) is 38.3 Å². The van der Waals surface area contributed by atoms with Gasteiger partial charge in [0.25, 0.3) is 0 Å². The van der Waals surface area contributed by atoms with E-state index < -0.39 is 18.0 Å². The van der Waals surface area contributed by atoms with Gasteiger partial charge in [0, 0.05) is 19.0 Å². The summed E-state index contributed by atoms with van der Waals surface area (Å²) in [6.45, 7) is 1.99. The Balaban J connectivity index is 2.25. The number of rotatable bonds is 5. The summed E-state index contributed by atoms with van der Waals surface area (Å²) in [6, 6.07) is -1.47. The maximum Gasteiger partial charge on any atom is 0.326 e. The molecule has 17 heavy (non-hydrogen) atoms. The molecule has 0 aromatic heterocycles. The molecule has 0 spiro atoms. The van der Waals surface area contributed by atoms with Crippen molar-refractivity contribution < 1.29 is 19.5 Å². The van der Waals surface area contributed by atoms with Crippen LogP contribution in [-0.2, 0) is 9.59 Å². The third-order valence-electron chi connectivity index (χ3n) is 2.61. The van der Waals surface area contributed by atoms with Gasteiger partial charge in [0.15, 0.2) is 0 Å². The minimum atomic E-state index is -1.06. The minimum absolute atomic E-state index is 0.0193. The minimum Gasteiger partial charge on any atom is -0.480 e. The van der Waals surface area contributed by atoms with Crippen LogP contribution in [0.5, 0.6) is 0 Å². The predicted octanol–water partition coefficient (Wildman–Crippen LogP) is -0.573. The van der Waals surface area contributed by atoms with Gasteiger partial charge in [-0.3, -0.25) is 4.79 Å². The van der Waals surface area contributed by atoms with E-state index in [4.69, 9.17) is 5.11 Å². The lowest BCUT2D eigenvalue weighted by molar-refractivity contribution is -0.139. The Morgan fingerprint density at radius 2 is 2.29 bits per heavy atom. The first-order valence-corrected chi connectivity index (χ1v) is 5.59. The van der Waals surface area contributed by atoms with Crippen molar-refractivity contribution in [2.75, 3.05) is 6.54 Å². The van der Waals surface area contributed by atoms with Gasteiger partial charge in [-0.25, -0.2) is 9.59 Å². The number of hydrogen-bond acceptors (Lipinski definition) is 3. The number of nitrogens with one attached hydrogen (secondary N) is 3. The summed E-state index contributed by atoms with van der Waals surface area (Å²) in [4.78, 5) is 32.9. The predicted molar refractivity (Wildman–Crippen MR) is 59.4 cm³/mol. The molecule has 2 atom stereocenters. The smallest absolute Gasteiger partial charge is 0.326 e. The van der Waals surface area contributed by atoms with Gasteiger partial charge in [0.2, 0.25) is 5.91 Å². The molecular formula is C10H17N3O4. The molecule has 1 rings (SSSR count). The van der Waals surface area contributed by atoms with E-state index in [2.05, 4.69) is 16.0 Å². The molecule has 0 saturated carbocycles. The summed E-state index contributed by atoms with van der Waals surface area (Å²) in [7, 11) is 0. The van der Waals surface area contributed by atoms with E-state index in [1.54, 1.807) is 6.92 Å². The Morgan fingerprint density at radius 3 is 2.76 bits per heavy atom. The zero-order valence-electron chi connectivity index (χ0n) is 9.66. The first kappa shape index (κ1) is 13.3. The van der Waals surface area contributed by atoms with E-state index >= 15 is 0 Å². The van der Waals surface area contributed by atoms with E-state index in [1.165, 1.54) is 0 Å². The number of urea groups is 1. The highest BCUT2D eigenvalue weighted by Gasteiger charge is 2.22. The number of carbonyl (C=O) groups excluding carboxylic acids is 2. The van der Waals surface area contributed by atoms with E-state index in [0.717, 1.165) is 0 Å². The third-order valence-corrected chi connectivity index (χ3v) is 2.61. The van der Waals surface area contributed by atoms with Crippen LogP contribution < -0.4 is 16.0 Å². The summed E-state index contributed by atoms with van der Waals surface area (Å²) in [6.07, 6.45) is 1.48. The molecule has 0 aromatic rings. The first-order valence-electron chi connectivity index (χ1n) is 5.59. The Morgan fingerprint density at radius 1 is 1.59 bits per heavy atom. The van der Waals surface area contributed by atoms with Crippen LogP contribution in [-0.4, -0.2) is 41.6 Å². The fraction of sp³-hybridized carbons (Fsp3) is 0.700. The lowest BCUT2D eigenvalue weighted by Crippen LogP contribution is -2.48. The quantitative estimate of drug-likeness (QED) is 0.518. The summed E-state index contributed by atoms with van der Waals surface area (Å²) in [5.41, 5.74) is 0. The molecule has 4 N–H and O–H groups in total.